The molecule has 2 nitrogen and oxygen atoms in total. The van der Waals surface area contributed by atoms with Gasteiger partial charge in [-0.1, -0.05) is 91.0 Å². The Kier molecular flexibility index (Phi) is 3.32. The summed E-state index contributed by atoms with van der Waals surface area (Å²) < 4.78 is 6.04. The van der Waals surface area contributed by atoms with Crippen molar-refractivity contribution in [2.75, 3.05) is 0 Å². The molecular weight excluding hydrogens is 284 g/mol. The van der Waals surface area contributed by atoms with E-state index in [0.29, 0.717) is 5.56 Å². The van der Waals surface area contributed by atoms with Crippen LogP contribution < -0.4 is 0 Å². The number of benzene rings is 3. The van der Waals surface area contributed by atoms with E-state index >= 15 is 0 Å². The average molecular weight is 300 g/mol. The summed E-state index contributed by atoms with van der Waals surface area (Å²) in [4.78, 5) is 13.2. The van der Waals surface area contributed by atoms with Gasteiger partial charge in [-0.3, -0.25) is 4.79 Å². The third-order valence-corrected chi connectivity index (χ3v) is 4.29. The summed E-state index contributed by atoms with van der Waals surface area (Å²) in [6, 6.07) is 29.0. The van der Waals surface area contributed by atoms with Crippen LogP contribution in [0.2, 0.25) is 0 Å². The van der Waals surface area contributed by atoms with Gasteiger partial charge in [0.05, 0.1) is 0 Å². The lowest BCUT2D eigenvalue weighted by molar-refractivity contribution is 0.0871. The van der Waals surface area contributed by atoms with Crippen molar-refractivity contribution in [1.29, 1.82) is 0 Å². The molecule has 0 aromatic heterocycles. The normalized spacial score (nSPS) is 22.5. The topological polar surface area (TPSA) is 29.6 Å². The van der Waals surface area contributed by atoms with Crippen molar-refractivity contribution >= 4 is 5.78 Å². The summed E-state index contributed by atoms with van der Waals surface area (Å²) in [5, 5.41) is 0. The fourth-order valence-electron chi connectivity index (χ4n) is 3.10. The van der Waals surface area contributed by atoms with E-state index in [1.165, 1.54) is 0 Å². The Morgan fingerprint density at radius 1 is 0.739 bits per heavy atom. The number of carbonyl (C=O) groups excluding carboxylic acids is 1. The highest BCUT2D eigenvalue weighted by molar-refractivity contribution is 6.05. The first-order valence-electron chi connectivity index (χ1n) is 7.70. The zero-order valence-corrected chi connectivity index (χ0v) is 12.6. The molecular formula is C21H16O2. The lowest BCUT2D eigenvalue weighted by Crippen LogP contribution is -2.23. The van der Waals surface area contributed by atoms with Gasteiger partial charge < -0.3 is 4.74 Å². The Bertz CT molecular complexity index is 812. The first-order valence-corrected chi connectivity index (χ1v) is 7.70. The second kappa shape index (κ2) is 5.49. The van der Waals surface area contributed by atoms with Crippen molar-refractivity contribution in [2.45, 2.75) is 11.7 Å². The number of hydrogen-bond acceptors (Lipinski definition) is 2. The van der Waals surface area contributed by atoms with Crippen LogP contribution in [-0.4, -0.2) is 5.78 Å². The van der Waals surface area contributed by atoms with Crippen LogP contribution in [0.1, 0.15) is 27.6 Å². The number of Topliss-reactive ketones (excluding diaryl/α,β-unsaturated/α-hetero) is 1. The smallest absolute Gasteiger partial charge is 0.202 e. The van der Waals surface area contributed by atoms with Crippen molar-refractivity contribution in [2.24, 2.45) is 0 Å². The van der Waals surface area contributed by atoms with Crippen molar-refractivity contribution in [1.82, 2.24) is 0 Å². The second-order valence-corrected chi connectivity index (χ2v) is 5.71. The first-order chi connectivity index (χ1) is 11.3. The Hall–Kier alpha value is -2.71. The minimum absolute atomic E-state index is 0.0122. The number of carbonyl (C=O) groups is 1. The van der Waals surface area contributed by atoms with E-state index in [0.717, 1.165) is 11.1 Å². The minimum atomic E-state index is -0.913. The summed E-state index contributed by atoms with van der Waals surface area (Å²) in [5.74, 6) is 0.0122. The molecule has 0 bridgehead atoms. The highest BCUT2D eigenvalue weighted by atomic mass is 16.6. The van der Waals surface area contributed by atoms with Gasteiger partial charge in [-0.25, -0.2) is 0 Å². The molecule has 23 heavy (non-hydrogen) atoms. The Morgan fingerprint density at radius 2 is 1.26 bits per heavy atom. The standard InChI is InChI=1S/C21H16O2/c22-19(16-10-4-1-5-11-16)21(18-14-8-3-9-15-18)20(23-21)17-12-6-2-7-13-17/h1-15,20H/t20-,21+/m0/s1. The van der Waals surface area contributed by atoms with E-state index in [9.17, 15) is 4.79 Å². The molecule has 3 aromatic carbocycles. The van der Waals surface area contributed by atoms with Crippen LogP contribution in [0.3, 0.4) is 0 Å². The lowest BCUT2D eigenvalue weighted by Gasteiger charge is -2.13. The van der Waals surface area contributed by atoms with Crippen LogP contribution in [0.15, 0.2) is 91.0 Å². The molecule has 2 heteroatoms. The van der Waals surface area contributed by atoms with Gasteiger partial charge in [0.1, 0.15) is 6.10 Å². The number of rotatable bonds is 4. The van der Waals surface area contributed by atoms with Crippen LogP contribution in [0.4, 0.5) is 0 Å². The molecule has 2 atom stereocenters. The third kappa shape index (κ3) is 2.28. The molecule has 112 valence electrons. The molecule has 3 aromatic rings. The van der Waals surface area contributed by atoms with Gasteiger partial charge in [-0.05, 0) is 11.1 Å². The van der Waals surface area contributed by atoms with Crippen molar-refractivity contribution in [3.05, 3.63) is 108 Å². The van der Waals surface area contributed by atoms with E-state index < -0.39 is 5.60 Å². The molecule has 4 rings (SSSR count). The summed E-state index contributed by atoms with van der Waals surface area (Å²) in [6.07, 6.45) is -0.237. The van der Waals surface area contributed by atoms with Crippen LogP contribution in [0.5, 0.6) is 0 Å². The maximum absolute atomic E-state index is 13.2. The van der Waals surface area contributed by atoms with E-state index in [2.05, 4.69) is 0 Å². The molecule has 0 saturated carbocycles. The SMILES string of the molecule is O=C(c1ccccc1)[C@@]1(c2ccccc2)O[C@H]1c1ccccc1. The molecule has 1 aliphatic heterocycles. The largest absolute Gasteiger partial charge is 0.347 e. The number of ether oxygens (including phenoxy) is 1. The monoisotopic (exact) mass is 300 g/mol. The number of epoxide rings is 1. The summed E-state index contributed by atoms with van der Waals surface area (Å²) >= 11 is 0. The van der Waals surface area contributed by atoms with Gasteiger partial charge in [-0.2, -0.15) is 0 Å². The molecule has 0 radical (unpaired) electrons. The maximum atomic E-state index is 13.2. The molecule has 0 N–H and O–H groups in total. The zero-order chi connectivity index (χ0) is 15.7. The molecule has 1 heterocycles. The Balaban J connectivity index is 1.80. The average Bonchev–Trinajstić information content (AvgIpc) is 3.40. The quantitative estimate of drug-likeness (QED) is 0.523. The Labute approximate surface area is 135 Å². The zero-order valence-electron chi connectivity index (χ0n) is 12.6. The first kappa shape index (κ1) is 13.9. The summed E-state index contributed by atoms with van der Waals surface area (Å²) in [6.45, 7) is 0. The van der Waals surface area contributed by atoms with Gasteiger partial charge in [0, 0.05) is 5.56 Å². The molecule has 0 unspecified atom stereocenters. The second-order valence-electron chi connectivity index (χ2n) is 5.71. The Morgan fingerprint density at radius 3 is 1.87 bits per heavy atom. The maximum Gasteiger partial charge on any atom is 0.202 e. The molecule has 1 fully saturated rings. The lowest BCUT2D eigenvalue weighted by atomic mass is 9.85. The van der Waals surface area contributed by atoms with Crippen LogP contribution >= 0.6 is 0 Å². The van der Waals surface area contributed by atoms with Crippen molar-refractivity contribution in [3.8, 4) is 0 Å². The van der Waals surface area contributed by atoms with Crippen molar-refractivity contribution in [3.63, 3.8) is 0 Å². The highest BCUT2D eigenvalue weighted by Gasteiger charge is 2.64. The van der Waals surface area contributed by atoms with Gasteiger partial charge in [-0.15, -0.1) is 0 Å². The van der Waals surface area contributed by atoms with Crippen LogP contribution in [0.25, 0.3) is 0 Å². The van der Waals surface area contributed by atoms with Gasteiger partial charge >= 0.3 is 0 Å². The molecule has 0 amide bonds. The van der Waals surface area contributed by atoms with Gasteiger partial charge in [0.2, 0.25) is 5.78 Å². The van der Waals surface area contributed by atoms with E-state index in [-0.39, 0.29) is 11.9 Å². The van der Waals surface area contributed by atoms with Crippen molar-refractivity contribution < 1.29 is 9.53 Å². The van der Waals surface area contributed by atoms with E-state index in [1.807, 2.05) is 91.0 Å². The summed E-state index contributed by atoms with van der Waals surface area (Å²) in [5.41, 5.74) is 1.70. The minimum Gasteiger partial charge on any atom is -0.347 e. The van der Waals surface area contributed by atoms with E-state index in [4.69, 9.17) is 4.74 Å². The molecule has 0 aliphatic carbocycles. The third-order valence-electron chi connectivity index (χ3n) is 4.29. The number of hydrogen-bond donors (Lipinski definition) is 0. The summed E-state index contributed by atoms with van der Waals surface area (Å²) in [7, 11) is 0. The van der Waals surface area contributed by atoms with Crippen LogP contribution in [-0.2, 0) is 10.3 Å². The fraction of sp³-hybridized carbons (Fsp3) is 0.0952. The van der Waals surface area contributed by atoms with Gasteiger partial charge in [0.25, 0.3) is 0 Å². The molecule has 1 saturated heterocycles. The van der Waals surface area contributed by atoms with Gasteiger partial charge in [0.15, 0.2) is 5.60 Å². The molecule has 1 aliphatic rings. The molecule has 0 spiro atoms. The van der Waals surface area contributed by atoms with Crippen LogP contribution in [0, 0.1) is 0 Å². The van der Waals surface area contributed by atoms with E-state index in [1.54, 1.807) is 0 Å². The highest BCUT2D eigenvalue weighted by Crippen LogP contribution is 2.58. The predicted molar refractivity (Wildman–Crippen MR) is 89.2 cm³/mol. The predicted octanol–water partition coefficient (Wildman–Crippen LogP) is 4.54. The fourth-order valence-corrected chi connectivity index (χ4v) is 3.10. The number of ketones is 1.